The second-order valence-electron chi connectivity index (χ2n) is 3.70. The summed E-state index contributed by atoms with van der Waals surface area (Å²) in [6.45, 7) is 0. The number of methoxy groups -OCH3 is 1. The topological polar surface area (TPSA) is 101 Å². The van der Waals surface area contributed by atoms with Gasteiger partial charge in [0, 0.05) is 5.02 Å². The van der Waals surface area contributed by atoms with Gasteiger partial charge in [-0.2, -0.15) is 8.42 Å². The molecule has 0 bridgehead atoms. The Hall–Kier alpha value is -2.06. The number of anilines is 1. The molecule has 0 aliphatic rings. The van der Waals surface area contributed by atoms with Crippen molar-refractivity contribution in [2.75, 3.05) is 11.8 Å². The third-order valence-corrected chi connectivity index (χ3v) is 3.92. The van der Waals surface area contributed by atoms with E-state index in [0.29, 0.717) is 0 Å². The summed E-state index contributed by atoms with van der Waals surface area (Å²) in [5.41, 5.74) is 0.0824. The molecule has 0 radical (unpaired) electrons. The van der Waals surface area contributed by atoms with Crippen LogP contribution in [0.1, 0.15) is 10.4 Å². The molecule has 2 rings (SSSR count). The quantitative estimate of drug-likeness (QED) is 0.835. The number of hydrogen-bond acceptors (Lipinski definition) is 5. The van der Waals surface area contributed by atoms with Crippen LogP contribution in [-0.2, 0) is 14.8 Å². The number of nitrogens with one attached hydrogen (secondary N) is 2. The summed E-state index contributed by atoms with van der Waals surface area (Å²) in [6.07, 6.45) is 2.37. The lowest BCUT2D eigenvalue weighted by atomic mass is 10.2. The van der Waals surface area contributed by atoms with Gasteiger partial charge in [-0.05, 0) is 18.2 Å². The maximum Gasteiger partial charge on any atom is 0.339 e. The van der Waals surface area contributed by atoms with E-state index < -0.39 is 16.0 Å². The van der Waals surface area contributed by atoms with Crippen LogP contribution in [0.25, 0.3) is 0 Å². The number of sulfonamides is 1. The SMILES string of the molecule is COC(=O)c1ccc(Cl)cc1NS(=O)(=O)c1cnc[nH]1. The van der Waals surface area contributed by atoms with Crippen LogP contribution in [-0.4, -0.2) is 31.5 Å². The van der Waals surface area contributed by atoms with Crippen molar-refractivity contribution in [2.45, 2.75) is 5.03 Å². The zero-order valence-electron chi connectivity index (χ0n) is 10.3. The summed E-state index contributed by atoms with van der Waals surface area (Å²) in [4.78, 5) is 17.7. The van der Waals surface area contributed by atoms with Crippen molar-refractivity contribution in [3.63, 3.8) is 0 Å². The highest BCUT2D eigenvalue weighted by Gasteiger charge is 2.20. The minimum Gasteiger partial charge on any atom is -0.465 e. The van der Waals surface area contributed by atoms with E-state index >= 15 is 0 Å². The normalized spacial score (nSPS) is 11.1. The van der Waals surface area contributed by atoms with Crippen LogP contribution in [0.4, 0.5) is 5.69 Å². The molecule has 7 nitrogen and oxygen atoms in total. The highest BCUT2D eigenvalue weighted by atomic mass is 35.5. The smallest absolute Gasteiger partial charge is 0.339 e. The molecule has 9 heteroatoms. The van der Waals surface area contributed by atoms with E-state index in [0.717, 1.165) is 6.20 Å². The van der Waals surface area contributed by atoms with Crippen LogP contribution >= 0.6 is 11.6 Å². The molecule has 1 heterocycles. The average molecular weight is 316 g/mol. The number of rotatable bonds is 4. The first-order chi connectivity index (χ1) is 9.44. The zero-order valence-corrected chi connectivity index (χ0v) is 11.8. The van der Waals surface area contributed by atoms with E-state index in [1.807, 2.05) is 0 Å². The van der Waals surface area contributed by atoms with E-state index in [-0.39, 0.29) is 21.3 Å². The van der Waals surface area contributed by atoms with Crippen LogP contribution in [0, 0.1) is 0 Å². The predicted molar refractivity (Wildman–Crippen MR) is 72.2 cm³/mol. The Morgan fingerprint density at radius 1 is 1.45 bits per heavy atom. The van der Waals surface area contributed by atoms with Gasteiger partial charge in [0.1, 0.15) is 0 Å². The number of hydrogen-bond donors (Lipinski definition) is 2. The van der Waals surface area contributed by atoms with Gasteiger partial charge in [-0.3, -0.25) is 4.72 Å². The van der Waals surface area contributed by atoms with Crippen LogP contribution in [0.2, 0.25) is 5.02 Å². The molecule has 1 aromatic carbocycles. The monoisotopic (exact) mass is 315 g/mol. The highest BCUT2D eigenvalue weighted by Crippen LogP contribution is 2.24. The van der Waals surface area contributed by atoms with Gasteiger partial charge in [-0.25, -0.2) is 9.78 Å². The lowest BCUT2D eigenvalue weighted by molar-refractivity contribution is 0.0602. The van der Waals surface area contributed by atoms with Gasteiger partial charge in [0.25, 0.3) is 10.0 Å². The molecule has 0 saturated heterocycles. The second kappa shape index (κ2) is 5.51. The Morgan fingerprint density at radius 2 is 2.20 bits per heavy atom. The summed E-state index contributed by atoms with van der Waals surface area (Å²) >= 11 is 5.81. The number of benzene rings is 1. The lowest BCUT2D eigenvalue weighted by Crippen LogP contribution is -2.16. The molecule has 1 aromatic heterocycles. The fraction of sp³-hybridized carbons (Fsp3) is 0.0909. The first-order valence-electron chi connectivity index (χ1n) is 5.33. The van der Waals surface area contributed by atoms with Gasteiger partial charge in [0.05, 0.1) is 30.9 Å². The Labute approximate surface area is 120 Å². The Bertz CT molecular complexity index is 728. The molecular formula is C11H10ClN3O4S. The Kier molecular flexibility index (Phi) is 3.96. The minimum atomic E-state index is -3.89. The van der Waals surface area contributed by atoms with Crippen molar-refractivity contribution in [1.29, 1.82) is 0 Å². The van der Waals surface area contributed by atoms with E-state index in [4.69, 9.17) is 11.6 Å². The molecule has 0 atom stereocenters. The number of nitrogens with zero attached hydrogens (tertiary/aromatic N) is 1. The van der Waals surface area contributed by atoms with E-state index in [9.17, 15) is 13.2 Å². The largest absolute Gasteiger partial charge is 0.465 e. The number of aromatic nitrogens is 2. The number of H-pyrrole nitrogens is 1. The van der Waals surface area contributed by atoms with E-state index in [1.54, 1.807) is 0 Å². The maximum atomic E-state index is 12.1. The molecular weight excluding hydrogens is 306 g/mol. The van der Waals surface area contributed by atoms with Crippen molar-refractivity contribution in [3.8, 4) is 0 Å². The Balaban J connectivity index is 2.43. The first-order valence-corrected chi connectivity index (χ1v) is 7.19. The third kappa shape index (κ3) is 2.91. The molecule has 0 amide bonds. The van der Waals surface area contributed by atoms with Crippen LogP contribution in [0.15, 0.2) is 35.7 Å². The fourth-order valence-corrected chi connectivity index (χ4v) is 2.63. The molecule has 0 unspecified atom stereocenters. The van der Waals surface area contributed by atoms with E-state index in [2.05, 4.69) is 19.4 Å². The number of aromatic amines is 1. The Morgan fingerprint density at radius 3 is 2.80 bits per heavy atom. The van der Waals surface area contributed by atoms with Crippen molar-refractivity contribution >= 4 is 33.3 Å². The van der Waals surface area contributed by atoms with Crippen molar-refractivity contribution in [1.82, 2.24) is 9.97 Å². The first kappa shape index (κ1) is 14.4. The molecule has 2 aromatic rings. The summed E-state index contributed by atoms with van der Waals surface area (Å²) in [5, 5.41) is 0.147. The third-order valence-electron chi connectivity index (χ3n) is 2.39. The number of carbonyl (C=O) groups is 1. The molecule has 0 saturated carbocycles. The van der Waals surface area contributed by atoms with Gasteiger partial charge in [-0.15, -0.1) is 0 Å². The number of imidazole rings is 1. The van der Waals surface area contributed by atoms with Gasteiger partial charge >= 0.3 is 5.97 Å². The van der Waals surface area contributed by atoms with E-state index in [1.165, 1.54) is 31.6 Å². The van der Waals surface area contributed by atoms with Gasteiger partial charge < -0.3 is 9.72 Å². The molecule has 0 fully saturated rings. The fourth-order valence-electron chi connectivity index (χ4n) is 1.48. The number of esters is 1. The summed E-state index contributed by atoms with van der Waals surface area (Å²) < 4.78 is 31.0. The number of halogens is 1. The van der Waals surface area contributed by atoms with Gasteiger partial charge in [-0.1, -0.05) is 11.6 Å². The van der Waals surface area contributed by atoms with Crippen LogP contribution in [0.3, 0.4) is 0 Å². The highest BCUT2D eigenvalue weighted by molar-refractivity contribution is 7.92. The zero-order chi connectivity index (χ0) is 14.8. The molecule has 2 N–H and O–H groups in total. The lowest BCUT2D eigenvalue weighted by Gasteiger charge is -2.10. The summed E-state index contributed by atoms with van der Waals surface area (Å²) in [5.74, 6) is -0.677. The molecule has 106 valence electrons. The standard InChI is InChI=1S/C11H10ClN3O4S/c1-19-11(16)8-3-2-7(12)4-9(8)15-20(17,18)10-5-13-6-14-10/h2-6,15H,1H3,(H,13,14). The van der Waals surface area contributed by atoms with Crippen LogP contribution < -0.4 is 4.72 Å². The molecule has 0 aliphatic heterocycles. The number of ether oxygens (including phenoxy) is 1. The maximum absolute atomic E-state index is 12.1. The van der Waals surface area contributed by atoms with Crippen molar-refractivity contribution in [2.24, 2.45) is 0 Å². The average Bonchev–Trinajstić information content (AvgIpc) is 2.92. The molecule has 0 aliphatic carbocycles. The summed E-state index contributed by atoms with van der Waals surface area (Å²) in [7, 11) is -2.69. The summed E-state index contributed by atoms with van der Waals surface area (Å²) in [6, 6.07) is 4.16. The van der Waals surface area contributed by atoms with Crippen LogP contribution in [0.5, 0.6) is 0 Å². The number of carbonyl (C=O) groups excluding carboxylic acids is 1. The van der Waals surface area contributed by atoms with Gasteiger partial charge in [0.2, 0.25) is 0 Å². The van der Waals surface area contributed by atoms with Crippen molar-refractivity contribution in [3.05, 3.63) is 41.3 Å². The minimum absolute atomic E-state index is 0.0268. The van der Waals surface area contributed by atoms with Gasteiger partial charge in [0.15, 0.2) is 5.03 Å². The second-order valence-corrected chi connectivity index (χ2v) is 5.79. The predicted octanol–water partition coefficient (Wildman–Crippen LogP) is 1.65. The molecule has 0 spiro atoms. The van der Waals surface area contributed by atoms with Crippen molar-refractivity contribution < 1.29 is 17.9 Å². The molecule has 20 heavy (non-hydrogen) atoms.